The molecule has 1 aliphatic rings. The van der Waals surface area contributed by atoms with E-state index >= 15 is 0 Å². The van der Waals surface area contributed by atoms with Crippen LogP contribution in [0.5, 0.6) is 0 Å². The van der Waals surface area contributed by atoms with Crippen molar-refractivity contribution in [3.05, 3.63) is 33.3 Å². The van der Waals surface area contributed by atoms with Crippen molar-refractivity contribution in [1.29, 1.82) is 0 Å². The van der Waals surface area contributed by atoms with Gasteiger partial charge >= 0.3 is 6.09 Å². The van der Waals surface area contributed by atoms with Crippen LogP contribution in [0, 0.1) is 0 Å². The monoisotopic (exact) mass is 261 g/mol. The van der Waals surface area contributed by atoms with Crippen molar-refractivity contribution in [2.75, 3.05) is 0 Å². The fourth-order valence-corrected chi connectivity index (χ4v) is 2.56. The molecule has 2 rings (SSSR count). The quantitative estimate of drug-likeness (QED) is 0.813. The maximum absolute atomic E-state index is 10.7. The second-order valence-electron chi connectivity index (χ2n) is 3.59. The smallest absolute Gasteiger partial charge is 0.405 e. The summed E-state index contributed by atoms with van der Waals surface area (Å²) in [5, 5.41) is 10.6. The van der Waals surface area contributed by atoms with Gasteiger partial charge in [0.05, 0.1) is 6.10 Å². The Kier molecular flexibility index (Phi) is 2.97. The fraction of sp³-hybridized carbons (Fsp3) is 0.300. The summed E-state index contributed by atoms with van der Waals surface area (Å²) in [5.74, 6) is 0. The van der Waals surface area contributed by atoms with Gasteiger partial charge in [0.2, 0.25) is 0 Å². The molecule has 4 nitrogen and oxygen atoms in total. The Morgan fingerprint density at radius 3 is 2.81 bits per heavy atom. The average Bonchev–Trinajstić information content (AvgIpc) is 2.41. The Morgan fingerprint density at radius 2 is 2.19 bits per heavy atom. The van der Waals surface area contributed by atoms with E-state index in [2.05, 4.69) is 0 Å². The molecule has 0 radical (unpaired) electrons. The van der Waals surface area contributed by atoms with E-state index in [-0.39, 0.29) is 0 Å². The summed E-state index contributed by atoms with van der Waals surface area (Å²) >= 11 is 11.8. The van der Waals surface area contributed by atoms with Gasteiger partial charge in [0.25, 0.3) is 0 Å². The lowest BCUT2D eigenvalue weighted by Gasteiger charge is -2.16. The molecule has 0 unspecified atom stereocenters. The zero-order valence-electron chi connectivity index (χ0n) is 8.11. The van der Waals surface area contributed by atoms with Crippen LogP contribution >= 0.6 is 23.2 Å². The van der Waals surface area contributed by atoms with Gasteiger partial charge in [-0.2, -0.15) is 0 Å². The lowest BCUT2D eigenvalue weighted by Crippen LogP contribution is -2.23. The van der Waals surface area contributed by atoms with E-state index in [4.69, 9.17) is 33.7 Å². The first kappa shape index (κ1) is 11.5. The van der Waals surface area contributed by atoms with E-state index in [1.54, 1.807) is 6.07 Å². The number of primary amides is 1. The maximum Gasteiger partial charge on any atom is 0.405 e. The van der Waals surface area contributed by atoms with Crippen molar-refractivity contribution in [1.82, 2.24) is 0 Å². The molecule has 0 aromatic heterocycles. The van der Waals surface area contributed by atoms with E-state index in [0.717, 1.165) is 5.56 Å². The predicted molar refractivity (Wildman–Crippen MR) is 59.6 cm³/mol. The van der Waals surface area contributed by atoms with E-state index in [0.29, 0.717) is 22.0 Å². The lowest BCUT2D eigenvalue weighted by atomic mass is 10.1. The Bertz CT molecular complexity index is 450. The van der Waals surface area contributed by atoms with Crippen LogP contribution in [-0.4, -0.2) is 17.3 Å². The minimum absolute atomic E-state index is 0.341. The molecule has 1 aromatic carbocycles. The summed E-state index contributed by atoms with van der Waals surface area (Å²) in [4.78, 5) is 10.7. The van der Waals surface area contributed by atoms with Crippen LogP contribution in [0.2, 0.25) is 10.0 Å². The molecule has 2 atom stereocenters. The largest absolute Gasteiger partial charge is 0.439 e. The van der Waals surface area contributed by atoms with Gasteiger partial charge in [-0.05, 0) is 17.7 Å². The topological polar surface area (TPSA) is 72.6 Å². The number of carbonyl (C=O) groups is 1. The van der Waals surface area contributed by atoms with Crippen molar-refractivity contribution < 1.29 is 14.6 Å². The number of hydrogen-bond acceptors (Lipinski definition) is 3. The third-order valence-corrected chi connectivity index (χ3v) is 3.02. The molecular weight excluding hydrogens is 253 g/mol. The second-order valence-corrected chi connectivity index (χ2v) is 4.43. The SMILES string of the molecule is NC(=O)O[C@@H]1c2c(Cl)cc(Cl)cc2C[C@@H]1O. The molecule has 0 saturated carbocycles. The van der Waals surface area contributed by atoms with Gasteiger partial charge in [-0.3, -0.25) is 0 Å². The average molecular weight is 262 g/mol. The van der Waals surface area contributed by atoms with Gasteiger partial charge < -0.3 is 15.6 Å². The van der Waals surface area contributed by atoms with Gasteiger partial charge in [0.15, 0.2) is 6.10 Å². The standard InChI is InChI=1S/C10H9Cl2NO3/c11-5-1-4-2-7(14)9(16-10(13)15)8(4)6(12)3-5/h1,3,7,9,14H,2H2,(H2,13,15)/t7-,9-/m0/s1. The Labute approximate surface area is 102 Å². The van der Waals surface area contributed by atoms with Gasteiger partial charge in [0, 0.05) is 22.0 Å². The number of fused-ring (bicyclic) bond motifs is 1. The molecule has 0 saturated heterocycles. The van der Waals surface area contributed by atoms with Crippen LogP contribution in [0.4, 0.5) is 4.79 Å². The number of rotatable bonds is 1. The number of benzene rings is 1. The van der Waals surface area contributed by atoms with Crippen molar-refractivity contribution in [3.8, 4) is 0 Å². The number of nitrogens with two attached hydrogens (primary N) is 1. The summed E-state index contributed by atoms with van der Waals surface area (Å²) in [5.41, 5.74) is 6.29. The summed E-state index contributed by atoms with van der Waals surface area (Å²) < 4.78 is 4.83. The van der Waals surface area contributed by atoms with Gasteiger partial charge in [-0.25, -0.2) is 4.79 Å². The van der Waals surface area contributed by atoms with Gasteiger partial charge in [0.1, 0.15) is 0 Å². The molecule has 86 valence electrons. The fourth-order valence-electron chi connectivity index (χ4n) is 1.91. The summed E-state index contributed by atoms with van der Waals surface area (Å²) in [6, 6.07) is 3.23. The first-order valence-electron chi connectivity index (χ1n) is 4.61. The molecule has 3 N–H and O–H groups in total. The normalized spacial score (nSPS) is 22.9. The van der Waals surface area contributed by atoms with E-state index in [1.807, 2.05) is 0 Å². The molecule has 0 fully saturated rings. The highest BCUT2D eigenvalue weighted by Gasteiger charge is 2.36. The summed E-state index contributed by atoms with van der Waals surface area (Å²) in [6.07, 6.45) is -2.24. The number of ether oxygens (including phenoxy) is 1. The van der Waals surface area contributed by atoms with E-state index in [1.165, 1.54) is 6.07 Å². The maximum atomic E-state index is 10.7. The summed E-state index contributed by atoms with van der Waals surface area (Å²) in [6.45, 7) is 0. The highest BCUT2D eigenvalue weighted by molar-refractivity contribution is 6.35. The molecule has 1 amide bonds. The summed E-state index contributed by atoms with van der Waals surface area (Å²) in [7, 11) is 0. The minimum Gasteiger partial charge on any atom is -0.439 e. The zero-order chi connectivity index (χ0) is 11.9. The van der Waals surface area contributed by atoms with Crippen LogP contribution < -0.4 is 5.73 Å². The molecule has 6 heteroatoms. The molecule has 1 aliphatic carbocycles. The van der Waals surface area contributed by atoms with Crippen LogP contribution in [0.15, 0.2) is 12.1 Å². The predicted octanol–water partition coefficient (Wildman–Crippen LogP) is 2.05. The zero-order valence-corrected chi connectivity index (χ0v) is 9.63. The van der Waals surface area contributed by atoms with E-state index in [9.17, 15) is 9.90 Å². The van der Waals surface area contributed by atoms with Crippen molar-refractivity contribution in [2.24, 2.45) is 5.73 Å². The number of aliphatic hydroxyl groups excluding tert-OH is 1. The molecule has 0 bridgehead atoms. The van der Waals surface area contributed by atoms with E-state index < -0.39 is 18.3 Å². The lowest BCUT2D eigenvalue weighted by molar-refractivity contribution is 0.0169. The molecule has 16 heavy (non-hydrogen) atoms. The minimum atomic E-state index is -0.942. The van der Waals surface area contributed by atoms with Crippen LogP contribution in [0.25, 0.3) is 0 Å². The third kappa shape index (κ3) is 1.96. The van der Waals surface area contributed by atoms with Crippen LogP contribution in [0.1, 0.15) is 17.2 Å². The number of aliphatic hydroxyl groups is 1. The third-order valence-electron chi connectivity index (χ3n) is 2.49. The molecule has 0 spiro atoms. The molecule has 1 aromatic rings. The van der Waals surface area contributed by atoms with Gasteiger partial charge in [-0.1, -0.05) is 23.2 Å². The Morgan fingerprint density at radius 1 is 1.50 bits per heavy atom. The number of amides is 1. The number of halogens is 2. The molecule has 0 aliphatic heterocycles. The Balaban J connectivity index is 2.43. The second kappa shape index (κ2) is 4.13. The van der Waals surface area contributed by atoms with Crippen molar-refractivity contribution >= 4 is 29.3 Å². The number of hydrogen-bond donors (Lipinski definition) is 2. The van der Waals surface area contributed by atoms with Crippen LogP contribution in [-0.2, 0) is 11.2 Å². The highest BCUT2D eigenvalue weighted by Crippen LogP contribution is 2.40. The first-order chi connectivity index (χ1) is 7.49. The van der Waals surface area contributed by atoms with Gasteiger partial charge in [-0.15, -0.1) is 0 Å². The Hall–Kier alpha value is -0.970. The van der Waals surface area contributed by atoms with Crippen molar-refractivity contribution in [3.63, 3.8) is 0 Å². The first-order valence-corrected chi connectivity index (χ1v) is 5.36. The van der Waals surface area contributed by atoms with Crippen molar-refractivity contribution in [2.45, 2.75) is 18.6 Å². The number of carbonyl (C=O) groups excluding carboxylic acids is 1. The molecular formula is C10H9Cl2NO3. The highest BCUT2D eigenvalue weighted by atomic mass is 35.5. The molecule has 0 heterocycles. The van der Waals surface area contributed by atoms with Crippen LogP contribution in [0.3, 0.4) is 0 Å².